The van der Waals surface area contributed by atoms with Crippen LogP contribution in [0.3, 0.4) is 0 Å². The van der Waals surface area contributed by atoms with Gasteiger partial charge in [0.15, 0.2) is 0 Å². The average Bonchev–Trinajstić information content (AvgIpc) is 1.88. The Labute approximate surface area is 64.0 Å². The minimum Gasteiger partial charge on any atom is -0.328 e. The third kappa shape index (κ3) is 1.72. The standard InChI is InChI=1S/C9H19N/c1-7-5-3-4-6-9(7)8(2)10/h7-9H,3-6,10H2,1-2H3/t7?,8-,9?/m1/s1. The van der Waals surface area contributed by atoms with Gasteiger partial charge in [-0.25, -0.2) is 0 Å². The molecule has 2 N–H and O–H groups in total. The van der Waals surface area contributed by atoms with Crippen LogP contribution in [0.4, 0.5) is 0 Å². The van der Waals surface area contributed by atoms with Crippen LogP contribution in [0.2, 0.25) is 0 Å². The Morgan fingerprint density at radius 3 is 2.30 bits per heavy atom. The summed E-state index contributed by atoms with van der Waals surface area (Å²) >= 11 is 0. The van der Waals surface area contributed by atoms with Gasteiger partial charge in [0.25, 0.3) is 0 Å². The van der Waals surface area contributed by atoms with Crippen molar-refractivity contribution in [1.82, 2.24) is 0 Å². The Kier molecular flexibility index (Phi) is 2.72. The zero-order chi connectivity index (χ0) is 7.56. The fourth-order valence-electron chi connectivity index (χ4n) is 2.13. The van der Waals surface area contributed by atoms with Crippen molar-refractivity contribution in [2.45, 2.75) is 45.6 Å². The first-order valence-electron chi connectivity index (χ1n) is 4.47. The minimum atomic E-state index is 0.412. The molecule has 1 aliphatic carbocycles. The van der Waals surface area contributed by atoms with Gasteiger partial charge in [-0.15, -0.1) is 0 Å². The molecule has 3 atom stereocenters. The first-order valence-corrected chi connectivity index (χ1v) is 4.47. The predicted molar refractivity (Wildman–Crippen MR) is 44.8 cm³/mol. The van der Waals surface area contributed by atoms with E-state index in [0.29, 0.717) is 6.04 Å². The maximum atomic E-state index is 5.86. The first-order chi connectivity index (χ1) is 4.72. The van der Waals surface area contributed by atoms with Crippen LogP contribution >= 0.6 is 0 Å². The summed E-state index contributed by atoms with van der Waals surface area (Å²) in [7, 11) is 0. The van der Waals surface area contributed by atoms with Gasteiger partial charge in [-0.3, -0.25) is 0 Å². The summed E-state index contributed by atoms with van der Waals surface area (Å²) in [6.07, 6.45) is 5.58. The van der Waals surface area contributed by atoms with Crippen molar-refractivity contribution in [2.75, 3.05) is 0 Å². The Bertz CT molecular complexity index is 98.9. The quantitative estimate of drug-likeness (QED) is 0.595. The van der Waals surface area contributed by atoms with Crippen LogP contribution in [-0.4, -0.2) is 6.04 Å². The molecule has 0 bridgehead atoms. The van der Waals surface area contributed by atoms with E-state index in [4.69, 9.17) is 5.73 Å². The maximum Gasteiger partial charge on any atom is 0.00413 e. The second-order valence-electron chi connectivity index (χ2n) is 3.78. The molecule has 0 saturated heterocycles. The van der Waals surface area contributed by atoms with Crippen LogP contribution in [0, 0.1) is 11.8 Å². The molecule has 1 nitrogen and oxygen atoms in total. The van der Waals surface area contributed by atoms with Crippen molar-refractivity contribution in [1.29, 1.82) is 0 Å². The number of hydrogen-bond acceptors (Lipinski definition) is 1. The minimum absolute atomic E-state index is 0.412. The molecule has 0 spiro atoms. The van der Waals surface area contributed by atoms with Crippen molar-refractivity contribution in [3.63, 3.8) is 0 Å². The molecule has 0 aliphatic heterocycles. The highest BCUT2D eigenvalue weighted by atomic mass is 14.6. The molecule has 0 heterocycles. The maximum absolute atomic E-state index is 5.86. The van der Waals surface area contributed by atoms with Crippen LogP contribution in [0.25, 0.3) is 0 Å². The van der Waals surface area contributed by atoms with E-state index in [9.17, 15) is 0 Å². The van der Waals surface area contributed by atoms with Gasteiger partial charge in [0.1, 0.15) is 0 Å². The smallest absolute Gasteiger partial charge is 0.00413 e. The van der Waals surface area contributed by atoms with Gasteiger partial charge in [0.05, 0.1) is 0 Å². The van der Waals surface area contributed by atoms with E-state index in [-0.39, 0.29) is 0 Å². The molecule has 0 aromatic carbocycles. The van der Waals surface area contributed by atoms with Gasteiger partial charge < -0.3 is 5.73 Å². The molecule has 10 heavy (non-hydrogen) atoms. The lowest BCUT2D eigenvalue weighted by Crippen LogP contribution is -2.33. The Balaban J connectivity index is 2.40. The largest absolute Gasteiger partial charge is 0.328 e. The highest BCUT2D eigenvalue weighted by molar-refractivity contribution is 4.77. The Hall–Kier alpha value is -0.0400. The molecule has 0 aromatic heterocycles. The highest BCUT2D eigenvalue weighted by Crippen LogP contribution is 2.30. The molecule has 1 fully saturated rings. The third-order valence-corrected chi connectivity index (χ3v) is 2.85. The van der Waals surface area contributed by atoms with E-state index in [0.717, 1.165) is 11.8 Å². The normalized spacial score (nSPS) is 37.5. The van der Waals surface area contributed by atoms with Crippen molar-refractivity contribution in [3.05, 3.63) is 0 Å². The van der Waals surface area contributed by atoms with E-state index in [1.54, 1.807) is 0 Å². The average molecular weight is 141 g/mol. The summed E-state index contributed by atoms with van der Waals surface area (Å²) in [6, 6.07) is 0.412. The van der Waals surface area contributed by atoms with Gasteiger partial charge in [-0.1, -0.05) is 26.2 Å². The SMILES string of the molecule is CC1CCCCC1[C@@H](C)N. The molecule has 60 valence electrons. The van der Waals surface area contributed by atoms with Crippen molar-refractivity contribution < 1.29 is 0 Å². The van der Waals surface area contributed by atoms with Gasteiger partial charge in [-0.05, 0) is 25.2 Å². The predicted octanol–water partition coefficient (Wildman–Crippen LogP) is 2.16. The summed E-state index contributed by atoms with van der Waals surface area (Å²) in [5, 5.41) is 0. The number of rotatable bonds is 1. The molecule has 1 saturated carbocycles. The number of hydrogen-bond donors (Lipinski definition) is 1. The lowest BCUT2D eigenvalue weighted by molar-refractivity contribution is 0.225. The Morgan fingerprint density at radius 1 is 1.30 bits per heavy atom. The van der Waals surface area contributed by atoms with Crippen LogP contribution in [0.1, 0.15) is 39.5 Å². The van der Waals surface area contributed by atoms with Crippen LogP contribution in [-0.2, 0) is 0 Å². The highest BCUT2D eigenvalue weighted by Gasteiger charge is 2.23. The molecular weight excluding hydrogens is 122 g/mol. The van der Waals surface area contributed by atoms with Gasteiger partial charge in [-0.2, -0.15) is 0 Å². The second-order valence-corrected chi connectivity index (χ2v) is 3.78. The van der Waals surface area contributed by atoms with Crippen molar-refractivity contribution in [2.24, 2.45) is 17.6 Å². The first kappa shape index (κ1) is 8.06. The molecular formula is C9H19N. The summed E-state index contributed by atoms with van der Waals surface area (Å²) < 4.78 is 0. The summed E-state index contributed by atoms with van der Waals surface area (Å²) in [4.78, 5) is 0. The monoisotopic (exact) mass is 141 g/mol. The van der Waals surface area contributed by atoms with E-state index >= 15 is 0 Å². The van der Waals surface area contributed by atoms with Gasteiger partial charge in [0.2, 0.25) is 0 Å². The van der Waals surface area contributed by atoms with E-state index in [1.807, 2.05) is 0 Å². The fourth-order valence-corrected chi connectivity index (χ4v) is 2.13. The van der Waals surface area contributed by atoms with Crippen molar-refractivity contribution in [3.8, 4) is 0 Å². The number of nitrogens with two attached hydrogens (primary N) is 1. The van der Waals surface area contributed by atoms with Crippen molar-refractivity contribution >= 4 is 0 Å². The zero-order valence-electron chi connectivity index (χ0n) is 7.14. The zero-order valence-corrected chi connectivity index (χ0v) is 7.14. The van der Waals surface area contributed by atoms with Crippen LogP contribution in [0.5, 0.6) is 0 Å². The molecule has 0 radical (unpaired) electrons. The third-order valence-electron chi connectivity index (χ3n) is 2.85. The van der Waals surface area contributed by atoms with Crippen LogP contribution in [0.15, 0.2) is 0 Å². The van der Waals surface area contributed by atoms with E-state index in [2.05, 4.69) is 13.8 Å². The lowest BCUT2D eigenvalue weighted by atomic mass is 9.77. The summed E-state index contributed by atoms with van der Waals surface area (Å²) in [5.41, 5.74) is 5.86. The fraction of sp³-hybridized carbons (Fsp3) is 1.00. The van der Waals surface area contributed by atoms with E-state index < -0.39 is 0 Å². The van der Waals surface area contributed by atoms with Gasteiger partial charge >= 0.3 is 0 Å². The Morgan fingerprint density at radius 2 is 1.90 bits per heavy atom. The summed E-state index contributed by atoms with van der Waals surface area (Å²) in [5.74, 6) is 1.67. The van der Waals surface area contributed by atoms with E-state index in [1.165, 1.54) is 25.7 Å². The molecule has 1 rings (SSSR count). The van der Waals surface area contributed by atoms with Crippen LogP contribution < -0.4 is 5.73 Å². The molecule has 1 aliphatic rings. The molecule has 0 amide bonds. The molecule has 0 aromatic rings. The lowest BCUT2D eigenvalue weighted by Gasteiger charge is -2.31. The van der Waals surface area contributed by atoms with Gasteiger partial charge in [0, 0.05) is 6.04 Å². The summed E-state index contributed by atoms with van der Waals surface area (Å²) in [6.45, 7) is 4.49. The molecule has 2 unspecified atom stereocenters. The topological polar surface area (TPSA) is 26.0 Å². The second kappa shape index (κ2) is 3.38. The molecule has 1 heteroatoms.